The summed E-state index contributed by atoms with van der Waals surface area (Å²) < 4.78 is 32.4. The maximum Gasteiger partial charge on any atom is 0.307 e. The van der Waals surface area contributed by atoms with E-state index in [2.05, 4.69) is 5.32 Å². The number of amides is 1. The van der Waals surface area contributed by atoms with Gasteiger partial charge < -0.3 is 10.1 Å². The standard InChI is InChI=1S/C13H14F2N2O4/c1-13(2-4-21-5-3-13)16-12(18)8-6-10(15)11(17(19)20)7-9(8)14/h6-7H,2-5H2,1H3,(H,16,18). The Morgan fingerprint density at radius 2 is 1.95 bits per heavy atom. The third-order valence-electron chi connectivity index (χ3n) is 3.49. The number of rotatable bonds is 3. The van der Waals surface area contributed by atoms with E-state index in [9.17, 15) is 23.7 Å². The number of nitro groups is 1. The Bertz CT molecular complexity index is 586. The maximum absolute atomic E-state index is 13.8. The first-order valence-corrected chi connectivity index (χ1v) is 6.36. The topological polar surface area (TPSA) is 81.5 Å². The molecule has 21 heavy (non-hydrogen) atoms. The molecule has 0 unspecified atom stereocenters. The van der Waals surface area contributed by atoms with Gasteiger partial charge in [0, 0.05) is 18.8 Å². The van der Waals surface area contributed by atoms with Crippen LogP contribution in [0.5, 0.6) is 0 Å². The van der Waals surface area contributed by atoms with Crippen molar-refractivity contribution >= 4 is 11.6 Å². The molecule has 114 valence electrons. The van der Waals surface area contributed by atoms with Crippen molar-refractivity contribution in [1.29, 1.82) is 0 Å². The largest absolute Gasteiger partial charge is 0.381 e. The molecular formula is C13H14F2N2O4. The van der Waals surface area contributed by atoms with Gasteiger partial charge in [0.15, 0.2) is 0 Å². The molecule has 0 atom stereocenters. The molecule has 2 rings (SSSR count). The Hall–Kier alpha value is -2.09. The second-order valence-corrected chi connectivity index (χ2v) is 5.17. The van der Waals surface area contributed by atoms with Crippen molar-refractivity contribution in [2.75, 3.05) is 13.2 Å². The van der Waals surface area contributed by atoms with Crippen molar-refractivity contribution in [2.24, 2.45) is 0 Å². The molecule has 0 saturated carbocycles. The maximum atomic E-state index is 13.8. The minimum absolute atomic E-state index is 0.413. The molecule has 0 radical (unpaired) electrons. The van der Waals surface area contributed by atoms with Gasteiger partial charge in [-0.1, -0.05) is 0 Å². The van der Waals surface area contributed by atoms with Crippen LogP contribution in [-0.4, -0.2) is 29.6 Å². The first-order valence-electron chi connectivity index (χ1n) is 6.36. The summed E-state index contributed by atoms with van der Waals surface area (Å²) in [4.78, 5) is 21.5. The summed E-state index contributed by atoms with van der Waals surface area (Å²) in [6.07, 6.45) is 1.10. The van der Waals surface area contributed by atoms with E-state index in [1.54, 1.807) is 6.92 Å². The zero-order valence-electron chi connectivity index (χ0n) is 11.3. The van der Waals surface area contributed by atoms with E-state index in [0.29, 0.717) is 38.2 Å². The minimum atomic E-state index is -1.25. The van der Waals surface area contributed by atoms with Crippen LogP contribution in [0.4, 0.5) is 14.5 Å². The van der Waals surface area contributed by atoms with Gasteiger partial charge in [0.1, 0.15) is 5.82 Å². The number of halogens is 2. The molecule has 1 saturated heterocycles. The summed E-state index contributed by atoms with van der Waals surface area (Å²) in [6, 6.07) is 0.960. The van der Waals surface area contributed by atoms with Crippen LogP contribution in [-0.2, 0) is 4.74 Å². The molecule has 1 aromatic rings. The summed E-state index contributed by atoms with van der Waals surface area (Å²) in [5.41, 5.74) is -2.12. The highest BCUT2D eigenvalue weighted by Crippen LogP contribution is 2.24. The minimum Gasteiger partial charge on any atom is -0.381 e. The molecule has 1 aromatic carbocycles. The SMILES string of the molecule is CC1(NC(=O)c2cc(F)c([N+](=O)[O-])cc2F)CCOCC1. The highest BCUT2D eigenvalue weighted by molar-refractivity contribution is 5.95. The van der Waals surface area contributed by atoms with E-state index in [4.69, 9.17) is 4.74 Å². The number of nitrogens with one attached hydrogen (secondary N) is 1. The van der Waals surface area contributed by atoms with E-state index in [1.165, 1.54) is 0 Å². The number of hydrogen-bond acceptors (Lipinski definition) is 4. The lowest BCUT2D eigenvalue weighted by atomic mass is 9.92. The molecule has 1 heterocycles. The number of ether oxygens (including phenoxy) is 1. The Morgan fingerprint density at radius 1 is 1.33 bits per heavy atom. The molecule has 0 aliphatic carbocycles. The van der Waals surface area contributed by atoms with E-state index in [1.807, 2.05) is 0 Å². The van der Waals surface area contributed by atoms with Gasteiger partial charge in [0.25, 0.3) is 5.91 Å². The lowest BCUT2D eigenvalue weighted by Gasteiger charge is -2.34. The zero-order valence-corrected chi connectivity index (χ0v) is 11.3. The predicted octanol–water partition coefficient (Wildman–Crippen LogP) is 2.17. The van der Waals surface area contributed by atoms with Gasteiger partial charge in [-0.25, -0.2) is 4.39 Å². The van der Waals surface area contributed by atoms with Crippen molar-refractivity contribution in [3.63, 3.8) is 0 Å². The number of carbonyl (C=O) groups is 1. The summed E-state index contributed by atoms with van der Waals surface area (Å²) in [5, 5.41) is 13.1. The van der Waals surface area contributed by atoms with E-state index < -0.39 is 39.3 Å². The highest BCUT2D eigenvalue weighted by Gasteiger charge is 2.31. The van der Waals surface area contributed by atoms with Crippen LogP contribution in [0.2, 0.25) is 0 Å². The van der Waals surface area contributed by atoms with Crippen LogP contribution < -0.4 is 5.32 Å². The predicted molar refractivity (Wildman–Crippen MR) is 68.9 cm³/mol. The molecule has 1 aliphatic heterocycles. The summed E-state index contributed by atoms with van der Waals surface area (Å²) in [6.45, 7) is 2.72. The monoisotopic (exact) mass is 300 g/mol. The summed E-state index contributed by atoms with van der Waals surface area (Å²) >= 11 is 0. The summed E-state index contributed by atoms with van der Waals surface area (Å²) in [7, 11) is 0. The number of benzene rings is 1. The quantitative estimate of drug-likeness (QED) is 0.685. The van der Waals surface area contributed by atoms with Gasteiger partial charge in [-0.05, 0) is 25.8 Å². The van der Waals surface area contributed by atoms with Crippen LogP contribution >= 0.6 is 0 Å². The van der Waals surface area contributed by atoms with Crippen molar-refractivity contribution < 1.29 is 23.2 Å². The molecule has 0 aromatic heterocycles. The lowest BCUT2D eigenvalue weighted by molar-refractivity contribution is -0.387. The second-order valence-electron chi connectivity index (χ2n) is 5.17. The van der Waals surface area contributed by atoms with E-state index in [0.717, 1.165) is 0 Å². The Kier molecular flexibility index (Phi) is 4.17. The van der Waals surface area contributed by atoms with Gasteiger partial charge in [0.2, 0.25) is 5.82 Å². The van der Waals surface area contributed by atoms with E-state index >= 15 is 0 Å². The molecule has 1 N–H and O–H groups in total. The van der Waals surface area contributed by atoms with Gasteiger partial charge in [-0.2, -0.15) is 4.39 Å². The van der Waals surface area contributed by atoms with Gasteiger partial charge in [0.05, 0.1) is 16.6 Å². The average Bonchev–Trinajstić information content (AvgIpc) is 2.40. The van der Waals surface area contributed by atoms with Gasteiger partial charge in [-0.15, -0.1) is 0 Å². The first kappa shape index (κ1) is 15.3. The van der Waals surface area contributed by atoms with Crippen molar-refractivity contribution in [3.05, 3.63) is 39.4 Å². The third kappa shape index (κ3) is 3.33. The molecule has 1 fully saturated rings. The normalized spacial score (nSPS) is 17.3. The fraction of sp³-hybridized carbons (Fsp3) is 0.462. The van der Waals surface area contributed by atoms with Crippen molar-refractivity contribution in [3.8, 4) is 0 Å². The third-order valence-corrected chi connectivity index (χ3v) is 3.49. The molecule has 8 heteroatoms. The second kappa shape index (κ2) is 5.72. The number of nitrogens with zero attached hydrogens (tertiary/aromatic N) is 1. The zero-order chi connectivity index (χ0) is 15.6. The highest BCUT2D eigenvalue weighted by atomic mass is 19.1. The van der Waals surface area contributed by atoms with Crippen LogP contribution in [0, 0.1) is 21.7 Å². The number of nitro benzene ring substituents is 1. The fourth-order valence-electron chi connectivity index (χ4n) is 2.14. The fourth-order valence-corrected chi connectivity index (χ4v) is 2.14. The summed E-state index contributed by atoms with van der Waals surface area (Å²) in [5.74, 6) is -3.18. The van der Waals surface area contributed by atoms with E-state index in [-0.39, 0.29) is 0 Å². The van der Waals surface area contributed by atoms with Crippen LogP contribution in [0.15, 0.2) is 12.1 Å². The number of carbonyl (C=O) groups excluding carboxylic acids is 1. The van der Waals surface area contributed by atoms with Crippen LogP contribution in [0.3, 0.4) is 0 Å². The van der Waals surface area contributed by atoms with Gasteiger partial charge >= 0.3 is 5.69 Å². The number of hydrogen-bond donors (Lipinski definition) is 1. The van der Waals surface area contributed by atoms with Gasteiger partial charge in [-0.3, -0.25) is 14.9 Å². The molecule has 0 spiro atoms. The van der Waals surface area contributed by atoms with Crippen LogP contribution in [0.1, 0.15) is 30.1 Å². The van der Waals surface area contributed by atoms with Crippen LogP contribution in [0.25, 0.3) is 0 Å². The lowest BCUT2D eigenvalue weighted by Crippen LogP contribution is -2.49. The average molecular weight is 300 g/mol. The molecule has 1 amide bonds. The Labute approximate surface area is 119 Å². The van der Waals surface area contributed by atoms with Crippen molar-refractivity contribution in [1.82, 2.24) is 5.32 Å². The molecule has 0 bridgehead atoms. The Morgan fingerprint density at radius 3 is 2.52 bits per heavy atom. The Balaban J connectivity index is 2.23. The molecular weight excluding hydrogens is 286 g/mol. The molecule has 1 aliphatic rings. The van der Waals surface area contributed by atoms with Crippen molar-refractivity contribution in [2.45, 2.75) is 25.3 Å². The molecule has 6 nitrogen and oxygen atoms in total. The smallest absolute Gasteiger partial charge is 0.307 e. The first-order chi connectivity index (χ1) is 9.82.